The normalized spacial score (nSPS) is 14.7. The number of methoxy groups -OCH3 is 2. The Bertz CT molecular complexity index is 1250. The number of aromatic nitrogens is 1. The molecule has 1 aliphatic heterocycles. The topological polar surface area (TPSA) is 77.2 Å². The molecular formula is C27H33N3O5. The SMILES string of the molecule is COc1ccc(CN2CCc3c(C(=O)N(C)[C@H](C)c4ccco4)c(OC)cc(=O)n3CC2)cc1C. The Kier molecular flexibility index (Phi) is 7.31. The van der Waals surface area contributed by atoms with Crippen molar-refractivity contribution in [1.29, 1.82) is 0 Å². The van der Waals surface area contributed by atoms with Crippen LogP contribution in [-0.4, -0.2) is 54.6 Å². The van der Waals surface area contributed by atoms with Crippen molar-refractivity contribution in [2.45, 2.75) is 39.4 Å². The Balaban J connectivity index is 1.61. The van der Waals surface area contributed by atoms with E-state index in [0.29, 0.717) is 42.3 Å². The van der Waals surface area contributed by atoms with Crippen molar-refractivity contribution in [1.82, 2.24) is 14.4 Å². The number of hydrogen-bond donors (Lipinski definition) is 0. The van der Waals surface area contributed by atoms with Gasteiger partial charge in [-0.1, -0.05) is 12.1 Å². The first kappa shape index (κ1) is 24.6. The lowest BCUT2D eigenvalue weighted by atomic mass is 10.1. The van der Waals surface area contributed by atoms with E-state index >= 15 is 0 Å². The maximum absolute atomic E-state index is 13.7. The predicted molar refractivity (Wildman–Crippen MR) is 133 cm³/mol. The standard InChI is InChI=1S/C27H33N3O5/c1-18-15-20(8-9-22(18)33-4)17-29-11-10-21-26(24(34-5)16-25(31)30(21)13-12-29)27(32)28(3)19(2)23-7-6-14-35-23/h6-9,14-16,19H,10-13,17H2,1-5H3/t19-/m1/s1. The molecule has 1 aliphatic rings. The van der Waals surface area contributed by atoms with E-state index in [2.05, 4.69) is 17.0 Å². The van der Waals surface area contributed by atoms with Gasteiger partial charge in [-0.2, -0.15) is 0 Å². The van der Waals surface area contributed by atoms with E-state index in [0.717, 1.165) is 24.4 Å². The van der Waals surface area contributed by atoms with E-state index in [1.807, 2.05) is 26.0 Å². The molecule has 0 saturated carbocycles. The fourth-order valence-electron chi connectivity index (χ4n) is 4.71. The van der Waals surface area contributed by atoms with Gasteiger partial charge < -0.3 is 23.4 Å². The minimum Gasteiger partial charge on any atom is -0.496 e. The molecule has 0 radical (unpaired) electrons. The second kappa shape index (κ2) is 10.4. The first-order valence-electron chi connectivity index (χ1n) is 11.8. The van der Waals surface area contributed by atoms with Crippen LogP contribution >= 0.6 is 0 Å². The molecule has 1 atom stereocenters. The number of ether oxygens (including phenoxy) is 2. The molecule has 0 fully saturated rings. The van der Waals surface area contributed by atoms with Crippen LogP contribution in [0.25, 0.3) is 0 Å². The highest BCUT2D eigenvalue weighted by Crippen LogP contribution is 2.28. The van der Waals surface area contributed by atoms with Gasteiger partial charge in [0.05, 0.1) is 26.5 Å². The minimum atomic E-state index is -0.268. The summed E-state index contributed by atoms with van der Waals surface area (Å²) in [5.41, 5.74) is 3.27. The molecule has 186 valence electrons. The highest BCUT2D eigenvalue weighted by molar-refractivity contribution is 5.98. The lowest BCUT2D eigenvalue weighted by molar-refractivity contribution is 0.0720. The lowest BCUT2D eigenvalue weighted by Gasteiger charge is -2.26. The monoisotopic (exact) mass is 479 g/mol. The molecule has 1 aromatic carbocycles. The molecule has 0 unspecified atom stereocenters. The van der Waals surface area contributed by atoms with Crippen LogP contribution in [0, 0.1) is 6.92 Å². The van der Waals surface area contributed by atoms with Crippen molar-refractivity contribution in [2.24, 2.45) is 0 Å². The lowest BCUT2D eigenvalue weighted by Crippen LogP contribution is -2.34. The molecule has 8 nitrogen and oxygen atoms in total. The number of rotatable bonds is 7. The number of pyridine rings is 1. The Labute approximate surface area is 205 Å². The summed E-state index contributed by atoms with van der Waals surface area (Å²) in [6, 6.07) is 11.0. The van der Waals surface area contributed by atoms with Gasteiger partial charge in [-0.3, -0.25) is 14.5 Å². The van der Waals surface area contributed by atoms with Crippen molar-refractivity contribution >= 4 is 5.91 Å². The Morgan fingerprint density at radius 3 is 2.54 bits per heavy atom. The molecular weight excluding hydrogens is 446 g/mol. The first-order chi connectivity index (χ1) is 16.8. The van der Waals surface area contributed by atoms with Gasteiger partial charge in [-0.15, -0.1) is 0 Å². The zero-order valence-corrected chi connectivity index (χ0v) is 21.0. The third-order valence-corrected chi connectivity index (χ3v) is 6.84. The van der Waals surface area contributed by atoms with Crippen LogP contribution in [0.15, 0.2) is 51.9 Å². The van der Waals surface area contributed by atoms with Gasteiger partial charge in [0.1, 0.15) is 22.8 Å². The van der Waals surface area contributed by atoms with Crippen LogP contribution in [0.4, 0.5) is 0 Å². The summed E-state index contributed by atoms with van der Waals surface area (Å²) < 4.78 is 18.1. The number of furan rings is 1. The highest BCUT2D eigenvalue weighted by atomic mass is 16.5. The number of aryl methyl sites for hydroxylation is 1. The second-order valence-corrected chi connectivity index (χ2v) is 8.96. The molecule has 2 aromatic heterocycles. The summed E-state index contributed by atoms with van der Waals surface area (Å²) >= 11 is 0. The number of hydrogen-bond acceptors (Lipinski definition) is 6. The highest BCUT2D eigenvalue weighted by Gasteiger charge is 2.29. The number of benzene rings is 1. The van der Waals surface area contributed by atoms with Gasteiger partial charge in [-0.05, 0) is 43.2 Å². The van der Waals surface area contributed by atoms with Crippen LogP contribution in [0.2, 0.25) is 0 Å². The summed E-state index contributed by atoms with van der Waals surface area (Å²) in [6.07, 6.45) is 2.16. The maximum Gasteiger partial charge on any atom is 0.259 e. The van der Waals surface area contributed by atoms with Crippen molar-refractivity contribution in [3.8, 4) is 11.5 Å². The van der Waals surface area contributed by atoms with Crippen LogP contribution in [0.1, 0.15) is 45.9 Å². The molecule has 0 N–H and O–H groups in total. The van der Waals surface area contributed by atoms with Gasteiger partial charge in [0, 0.05) is 51.4 Å². The van der Waals surface area contributed by atoms with E-state index in [1.165, 1.54) is 18.7 Å². The molecule has 1 amide bonds. The molecule has 3 heterocycles. The zero-order valence-electron chi connectivity index (χ0n) is 21.0. The summed E-state index contributed by atoms with van der Waals surface area (Å²) in [7, 11) is 4.91. The number of carbonyl (C=O) groups excluding carboxylic acids is 1. The Morgan fingerprint density at radius 2 is 1.89 bits per heavy atom. The first-order valence-corrected chi connectivity index (χ1v) is 11.8. The number of fused-ring (bicyclic) bond motifs is 1. The number of nitrogens with zero attached hydrogens (tertiary/aromatic N) is 3. The van der Waals surface area contributed by atoms with Crippen molar-refractivity contribution in [2.75, 3.05) is 34.4 Å². The molecule has 35 heavy (non-hydrogen) atoms. The average molecular weight is 480 g/mol. The molecule has 0 bridgehead atoms. The van der Waals surface area contributed by atoms with Crippen LogP contribution in [0.3, 0.4) is 0 Å². The maximum atomic E-state index is 13.7. The quantitative estimate of drug-likeness (QED) is 0.515. The van der Waals surface area contributed by atoms with E-state index in [-0.39, 0.29) is 17.5 Å². The third kappa shape index (κ3) is 4.98. The summed E-state index contributed by atoms with van der Waals surface area (Å²) in [5.74, 6) is 1.67. The molecule has 0 aliphatic carbocycles. The van der Waals surface area contributed by atoms with Crippen molar-refractivity contribution in [3.63, 3.8) is 0 Å². The van der Waals surface area contributed by atoms with E-state index < -0.39 is 0 Å². The van der Waals surface area contributed by atoms with Crippen LogP contribution < -0.4 is 15.0 Å². The second-order valence-electron chi connectivity index (χ2n) is 8.96. The van der Waals surface area contributed by atoms with Gasteiger partial charge in [0.25, 0.3) is 11.5 Å². The largest absolute Gasteiger partial charge is 0.496 e. The molecule has 3 aromatic rings. The summed E-state index contributed by atoms with van der Waals surface area (Å²) in [5, 5.41) is 0. The van der Waals surface area contributed by atoms with Crippen molar-refractivity contribution < 1.29 is 18.7 Å². The average Bonchev–Trinajstić information content (AvgIpc) is 3.31. The predicted octanol–water partition coefficient (Wildman–Crippen LogP) is 3.66. The fourth-order valence-corrected chi connectivity index (χ4v) is 4.71. The van der Waals surface area contributed by atoms with Gasteiger partial charge in [0.15, 0.2) is 0 Å². The van der Waals surface area contributed by atoms with Crippen LogP contribution in [0.5, 0.6) is 11.5 Å². The van der Waals surface area contributed by atoms with E-state index in [4.69, 9.17) is 13.9 Å². The van der Waals surface area contributed by atoms with Crippen LogP contribution in [-0.2, 0) is 19.5 Å². The van der Waals surface area contributed by atoms with E-state index in [1.54, 1.807) is 36.0 Å². The Morgan fingerprint density at radius 1 is 1.11 bits per heavy atom. The van der Waals surface area contributed by atoms with Gasteiger partial charge in [0.2, 0.25) is 0 Å². The molecule has 4 rings (SSSR count). The third-order valence-electron chi connectivity index (χ3n) is 6.84. The number of carbonyl (C=O) groups is 1. The summed E-state index contributed by atoms with van der Waals surface area (Å²) in [4.78, 5) is 30.6. The molecule has 0 saturated heterocycles. The summed E-state index contributed by atoms with van der Waals surface area (Å²) in [6.45, 7) is 6.63. The zero-order chi connectivity index (χ0) is 25.1. The molecule has 0 spiro atoms. The molecule has 8 heteroatoms. The minimum absolute atomic E-state index is 0.155. The smallest absolute Gasteiger partial charge is 0.259 e. The number of amides is 1. The van der Waals surface area contributed by atoms with Gasteiger partial charge >= 0.3 is 0 Å². The van der Waals surface area contributed by atoms with Crippen molar-refractivity contribution in [3.05, 3.63) is 81.2 Å². The van der Waals surface area contributed by atoms with Gasteiger partial charge in [-0.25, -0.2) is 0 Å². The Hall–Kier alpha value is -3.52. The fraction of sp³-hybridized carbons (Fsp3) is 0.407. The van der Waals surface area contributed by atoms with E-state index in [9.17, 15) is 9.59 Å².